The van der Waals surface area contributed by atoms with Crippen LogP contribution in [0.4, 0.5) is 0 Å². The van der Waals surface area contributed by atoms with Crippen LogP contribution in [0, 0.1) is 0 Å². The van der Waals surface area contributed by atoms with Gasteiger partial charge < -0.3 is 19.4 Å². The summed E-state index contributed by atoms with van der Waals surface area (Å²) < 4.78 is 10.1. The molecule has 1 atom stereocenters. The Morgan fingerprint density at radius 3 is 3.06 bits per heavy atom. The van der Waals surface area contributed by atoms with Gasteiger partial charge in [-0.25, -0.2) is 4.79 Å². The van der Waals surface area contributed by atoms with Crippen molar-refractivity contribution < 1.29 is 18.8 Å². The third kappa shape index (κ3) is 2.73. The predicted molar refractivity (Wildman–Crippen MR) is 57.4 cm³/mol. The fraction of sp³-hybridized carbons (Fsp3) is 0.273. The Morgan fingerprint density at radius 2 is 2.47 bits per heavy atom. The molecule has 0 bridgehead atoms. The number of carbonyl (C=O) groups is 1. The first-order chi connectivity index (χ1) is 8.16. The van der Waals surface area contributed by atoms with Crippen molar-refractivity contribution in [3.05, 3.63) is 41.7 Å². The molecule has 2 rings (SSSR count). The Labute approximate surface area is 97.2 Å². The SMILES string of the molecule is C[C@H](NCc1cc(C(=O)O)no1)c1ccco1. The normalized spacial score (nSPS) is 12.5. The number of aromatic carboxylic acids is 1. The van der Waals surface area contributed by atoms with E-state index in [0.29, 0.717) is 12.3 Å². The molecule has 0 fully saturated rings. The summed E-state index contributed by atoms with van der Waals surface area (Å²) in [6.07, 6.45) is 1.60. The monoisotopic (exact) mass is 236 g/mol. The lowest BCUT2D eigenvalue weighted by molar-refractivity contribution is 0.0685. The number of furan rings is 1. The zero-order chi connectivity index (χ0) is 12.3. The van der Waals surface area contributed by atoms with Crippen molar-refractivity contribution in [1.82, 2.24) is 10.5 Å². The highest BCUT2D eigenvalue weighted by molar-refractivity contribution is 5.85. The maximum atomic E-state index is 10.6. The van der Waals surface area contributed by atoms with Crippen molar-refractivity contribution in [2.45, 2.75) is 19.5 Å². The summed E-state index contributed by atoms with van der Waals surface area (Å²) in [5.41, 5.74) is -0.0903. The molecular formula is C11H12N2O4. The van der Waals surface area contributed by atoms with Gasteiger partial charge in [0.1, 0.15) is 5.76 Å². The van der Waals surface area contributed by atoms with Gasteiger partial charge in [0, 0.05) is 6.07 Å². The van der Waals surface area contributed by atoms with Gasteiger partial charge in [-0.05, 0) is 19.1 Å². The third-order valence-electron chi connectivity index (χ3n) is 2.33. The molecule has 0 saturated heterocycles. The van der Waals surface area contributed by atoms with E-state index < -0.39 is 5.97 Å². The molecule has 0 amide bonds. The van der Waals surface area contributed by atoms with Crippen LogP contribution in [0.1, 0.15) is 35.0 Å². The van der Waals surface area contributed by atoms with E-state index in [1.54, 1.807) is 6.26 Å². The van der Waals surface area contributed by atoms with E-state index in [4.69, 9.17) is 14.0 Å². The van der Waals surface area contributed by atoms with Crippen LogP contribution in [-0.2, 0) is 6.54 Å². The van der Waals surface area contributed by atoms with E-state index in [1.165, 1.54) is 6.07 Å². The van der Waals surface area contributed by atoms with Crippen LogP contribution in [-0.4, -0.2) is 16.2 Å². The molecule has 0 unspecified atom stereocenters. The van der Waals surface area contributed by atoms with Gasteiger partial charge in [0.2, 0.25) is 0 Å². The standard InChI is InChI=1S/C11H12N2O4/c1-7(10-3-2-4-16-10)12-6-8-5-9(11(14)15)13-17-8/h2-5,7,12H,6H2,1H3,(H,14,15)/t7-/m0/s1. The van der Waals surface area contributed by atoms with E-state index in [1.807, 2.05) is 19.1 Å². The second-order valence-corrected chi connectivity index (χ2v) is 3.60. The van der Waals surface area contributed by atoms with Gasteiger partial charge in [0.25, 0.3) is 0 Å². The molecule has 2 N–H and O–H groups in total. The molecule has 0 aliphatic heterocycles. The maximum Gasteiger partial charge on any atom is 0.358 e. The summed E-state index contributed by atoms with van der Waals surface area (Å²) in [4.78, 5) is 10.6. The van der Waals surface area contributed by atoms with Gasteiger partial charge in [0.05, 0.1) is 18.8 Å². The molecule has 0 aromatic carbocycles. The fourth-order valence-corrected chi connectivity index (χ4v) is 1.39. The number of carboxylic acid groups (broad SMARTS) is 1. The van der Waals surface area contributed by atoms with E-state index >= 15 is 0 Å². The lowest BCUT2D eigenvalue weighted by atomic mass is 10.2. The molecule has 0 spiro atoms. The highest BCUT2D eigenvalue weighted by atomic mass is 16.5. The minimum absolute atomic E-state index is 0.0170. The van der Waals surface area contributed by atoms with Crippen molar-refractivity contribution in [3.8, 4) is 0 Å². The van der Waals surface area contributed by atoms with Crippen LogP contribution < -0.4 is 5.32 Å². The summed E-state index contributed by atoms with van der Waals surface area (Å²) in [7, 11) is 0. The number of aromatic nitrogens is 1. The van der Waals surface area contributed by atoms with Crippen LogP contribution >= 0.6 is 0 Å². The molecule has 2 heterocycles. The second-order valence-electron chi connectivity index (χ2n) is 3.60. The van der Waals surface area contributed by atoms with Gasteiger partial charge in [0.15, 0.2) is 11.5 Å². The quantitative estimate of drug-likeness (QED) is 0.823. The summed E-state index contributed by atoms with van der Waals surface area (Å²) in [6.45, 7) is 2.33. The number of hydrogen-bond donors (Lipinski definition) is 2. The molecule has 0 aliphatic rings. The van der Waals surface area contributed by atoms with Crippen molar-refractivity contribution >= 4 is 5.97 Å². The lowest BCUT2D eigenvalue weighted by Crippen LogP contribution is -2.17. The van der Waals surface area contributed by atoms with Crippen LogP contribution in [0.15, 0.2) is 33.4 Å². The summed E-state index contributed by atoms with van der Waals surface area (Å²) >= 11 is 0. The third-order valence-corrected chi connectivity index (χ3v) is 2.33. The fourth-order valence-electron chi connectivity index (χ4n) is 1.39. The van der Waals surface area contributed by atoms with Crippen molar-refractivity contribution in [1.29, 1.82) is 0 Å². The van der Waals surface area contributed by atoms with E-state index in [2.05, 4.69) is 10.5 Å². The number of nitrogens with zero attached hydrogens (tertiary/aromatic N) is 1. The minimum Gasteiger partial charge on any atom is -0.476 e. The van der Waals surface area contributed by atoms with E-state index in [9.17, 15) is 4.79 Å². The van der Waals surface area contributed by atoms with Crippen LogP contribution in [0.5, 0.6) is 0 Å². The molecule has 6 nitrogen and oxygen atoms in total. The van der Waals surface area contributed by atoms with Gasteiger partial charge >= 0.3 is 5.97 Å². The molecule has 2 aromatic rings. The first kappa shape index (κ1) is 11.4. The topological polar surface area (TPSA) is 88.5 Å². The Balaban J connectivity index is 1.91. The molecule has 0 radical (unpaired) electrons. The van der Waals surface area contributed by atoms with Crippen molar-refractivity contribution in [2.75, 3.05) is 0 Å². The summed E-state index contributed by atoms with van der Waals surface area (Å²) in [5.74, 6) is 0.183. The Hall–Kier alpha value is -2.08. The van der Waals surface area contributed by atoms with Gasteiger partial charge in [-0.2, -0.15) is 0 Å². The summed E-state index contributed by atoms with van der Waals surface area (Å²) in [5, 5.41) is 15.2. The van der Waals surface area contributed by atoms with Crippen molar-refractivity contribution in [2.24, 2.45) is 0 Å². The average Bonchev–Trinajstić information content (AvgIpc) is 2.97. The van der Waals surface area contributed by atoms with E-state index in [0.717, 1.165) is 5.76 Å². The molecule has 90 valence electrons. The van der Waals surface area contributed by atoms with Gasteiger partial charge in [-0.15, -0.1) is 0 Å². The van der Waals surface area contributed by atoms with Crippen LogP contribution in [0.3, 0.4) is 0 Å². The minimum atomic E-state index is -1.10. The Bertz CT molecular complexity index is 489. The maximum absolute atomic E-state index is 10.6. The van der Waals surface area contributed by atoms with Crippen LogP contribution in [0.2, 0.25) is 0 Å². The lowest BCUT2D eigenvalue weighted by Gasteiger charge is -2.08. The van der Waals surface area contributed by atoms with Crippen molar-refractivity contribution in [3.63, 3.8) is 0 Å². The smallest absolute Gasteiger partial charge is 0.358 e. The highest BCUT2D eigenvalue weighted by Crippen LogP contribution is 2.13. The molecule has 0 aliphatic carbocycles. The van der Waals surface area contributed by atoms with Crippen LogP contribution in [0.25, 0.3) is 0 Å². The number of hydrogen-bond acceptors (Lipinski definition) is 5. The second kappa shape index (κ2) is 4.84. The zero-order valence-electron chi connectivity index (χ0n) is 9.21. The van der Waals surface area contributed by atoms with Gasteiger partial charge in [-0.1, -0.05) is 5.16 Å². The Morgan fingerprint density at radius 1 is 1.65 bits per heavy atom. The number of carboxylic acids is 1. The zero-order valence-corrected chi connectivity index (χ0v) is 9.21. The molecular weight excluding hydrogens is 224 g/mol. The number of nitrogens with one attached hydrogen (secondary N) is 1. The summed E-state index contributed by atoms with van der Waals surface area (Å²) in [6, 6.07) is 5.08. The predicted octanol–water partition coefficient (Wildman–Crippen LogP) is 1.82. The average molecular weight is 236 g/mol. The number of rotatable bonds is 5. The first-order valence-corrected chi connectivity index (χ1v) is 5.12. The Kier molecular flexibility index (Phi) is 3.24. The van der Waals surface area contributed by atoms with E-state index in [-0.39, 0.29) is 11.7 Å². The molecule has 2 aromatic heterocycles. The highest BCUT2D eigenvalue weighted by Gasteiger charge is 2.12. The van der Waals surface area contributed by atoms with Gasteiger partial charge in [-0.3, -0.25) is 0 Å². The molecule has 6 heteroatoms. The first-order valence-electron chi connectivity index (χ1n) is 5.12. The largest absolute Gasteiger partial charge is 0.476 e. The molecule has 17 heavy (non-hydrogen) atoms. The molecule has 0 saturated carbocycles.